The Morgan fingerprint density at radius 1 is 1.10 bits per heavy atom. The minimum absolute atomic E-state index is 0.0378. The van der Waals surface area contributed by atoms with Gasteiger partial charge in [0.2, 0.25) is 5.95 Å². The lowest BCUT2D eigenvalue weighted by atomic mass is 9.73. The number of nitrogens with one attached hydrogen (secondary N) is 2. The van der Waals surface area contributed by atoms with E-state index in [9.17, 15) is 4.79 Å². The molecule has 0 radical (unpaired) electrons. The summed E-state index contributed by atoms with van der Waals surface area (Å²) in [4.78, 5) is 30.2. The third kappa shape index (κ3) is 4.81. The van der Waals surface area contributed by atoms with Gasteiger partial charge >= 0.3 is 0 Å². The van der Waals surface area contributed by atoms with Crippen LogP contribution < -0.4 is 21.1 Å². The summed E-state index contributed by atoms with van der Waals surface area (Å²) in [7, 11) is 0. The van der Waals surface area contributed by atoms with Gasteiger partial charge in [0.25, 0.3) is 5.56 Å². The second-order valence-corrected chi connectivity index (χ2v) is 12.7. The fourth-order valence-electron chi connectivity index (χ4n) is 6.93. The van der Waals surface area contributed by atoms with Gasteiger partial charge in [-0.1, -0.05) is 13.0 Å². The number of fused-ring (bicyclic) bond motifs is 3. The third-order valence-corrected chi connectivity index (χ3v) is 9.32. The quantitative estimate of drug-likeness (QED) is 0.468. The number of ether oxygens (including phenoxy) is 2. The highest BCUT2D eigenvalue weighted by Gasteiger charge is 2.55. The zero-order valence-corrected chi connectivity index (χ0v) is 24.1. The zero-order valence-electron chi connectivity index (χ0n) is 24.1. The maximum atomic E-state index is 13.0. The molecule has 7 heterocycles. The molecular weight excluding hydrogens is 518 g/mol. The molecule has 3 fully saturated rings. The lowest BCUT2D eigenvalue weighted by Gasteiger charge is -2.46. The lowest BCUT2D eigenvalue weighted by molar-refractivity contribution is -0.0893. The summed E-state index contributed by atoms with van der Waals surface area (Å²) in [6.07, 6.45) is 8.58. The van der Waals surface area contributed by atoms with Crippen LogP contribution in [0.3, 0.4) is 0 Å². The zero-order chi connectivity index (χ0) is 28.2. The average molecular weight is 558 g/mol. The highest BCUT2D eigenvalue weighted by molar-refractivity contribution is 5.71. The summed E-state index contributed by atoms with van der Waals surface area (Å²) in [6, 6.07) is 10.4. The van der Waals surface area contributed by atoms with Crippen LogP contribution in [0, 0.1) is 0 Å². The van der Waals surface area contributed by atoms with Crippen molar-refractivity contribution in [3.63, 3.8) is 0 Å². The predicted molar refractivity (Wildman–Crippen MR) is 157 cm³/mol. The molecule has 0 unspecified atom stereocenters. The Hall–Kier alpha value is -3.34. The van der Waals surface area contributed by atoms with Crippen molar-refractivity contribution in [3.05, 3.63) is 64.3 Å². The van der Waals surface area contributed by atoms with E-state index in [1.165, 1.54) is 0 Å². The molecule has 0 aliphatic carbocycles. The van der Waals surface area contributed by atoms with E-state index >= 15 is 0 Å². The van der Waals surface area contributed by atoms with Crippen LogP contribution in [-0.4, -0.2) is 57.5 Å². The van der Waals surface area contributed by atoms with Crippen LogP contribution in [0.1, 0.15) is 76.2 Å². The van der Waals surface area contributed by atoms with E-state index in [0.29, 0.717) is 31.5 Å². The summed E-state index contributed by atoms with van der Waals surface area (Å²) in [5.74, 6) is 2.19. The van der Waals surface area contributed by atoms with Crippen LogP contribution in [-0.2, 0) is 14.9 Å². The van der Waals surface area contributed by atoms with E-state index in [1.807, 2.05) is 23.0 Å². The van der Waals surface area contributed by atoms with Gasteiger partial charge in [0.1, 0.15) is 11.6 Å². The monoisotopic (exact) mass is 557 g/mol. The van der Waals surface area contributed by atoms with E-state index < -0.39 is 0 Å². The molecule has 2 N–H and O–H groups in total. The molecule has 0 spiro atoms. The van der Waals surface area contributed by atoms with Gasteiger partial charge in [0.05, 0.1) is 23.9 Å². The lowest BCUT2D eigenvalue weighted by Crippen LogP contribution is -2.54. The van der Waals surface area contributed by atoms with Crippen molar-refractivity contribution in [2.75, 3.05) is 36.6 Å². The summed E-state index contributed by atoms with van der Waals surface area (Å²) >= 11 is 0. The summed E-state index contributed by atoms with van der Waals surface area (Å²) < 4.78 is 13.6. The average Bonchev–Trinajstić information content (AvgIpc) is 3.59. The molecule has 3 aromatic rings. The maximum absolute atomic E-state index is 13.0. The van der Waals surface area contributed by atoms with Crippen LogP contribution in [0.25, 0.3) is 0 Å². The molecule has 0 saturated carbocycles. The number of nitrogens with zero attached hydrogens (tertiary/aromatic N) is 5. The van der Waals surface area contributed by atoms with Crippen LogP contribution in [0.4, 0.5) is 23.3 Å². The summed E-state index contributed by atoms with van der Waals surface area (Å²) in [5, 5.41) is 6.88. The van der Waals surface area contributed by atoms with Crippen molar-refractivity contribution in [2.45, 2.75) is 82.0 Å². The smallest absolute Gasteiger partial charge is 0.252 e. The molecule has 0 aromatic carbocycles. The molecule has 10 nitrogen and oxygen atoms in total. The third-order valence-electron chi connectivity index (χ3n) is 9.32. The maximum Gasteiger partial charge on any atom is 0.252 e. The number of hydrogen-bond acceptors (Lipinski definition) is 9. The van der Waals surface area contributed by atoms with Gasteiger partial charge in [0.15, 0.2) is 0 Å². The molecule has 4 aliphatic rings. The predicted octanol–water partition coefficient (Wildman–Crippen LogP) is 4.53. The first-order chi connectivity index (χ1) is 19.8. The number of hydrogen-bond donors (Lipinski definition) is 2. The molecule has 7 rings (SSSR count). The van der Waals surface area contributed by atoms with E-state index in [4.69, 9.17) is 24.4 Å². The Kier molecular flexibility index (Phi) is 6.59. The molecule has 3 saturated heterocycles. The minimum Gasteiger partial charge on any atom is -0.381 e. The molecule has 4 aliphatic heterocycles. The SMILES string of the molecule is CC1(C)C[C@H]2N(c3cccc([C@H]4CCCN4)n3)c3nc(Nc4ccn(C5CCOCC5)c(=O)c4)ncc3[C@@]2(C)CO1. The number of aromatic nitrogens is 4. The Balaban J connectivity index is 1.24. The van der Waals surface area contributed by atoms with Gasteiger partial charge < -0.3 is 29.6 Å². The van der Waals surface area contributed by atoms with Crippen molar-refractivity contribution >= 4 is 23.3 Å². The topological polar surface area (TPSA) is 106 Å². The fraction of sp³-hybridized carbons (Fsp3) is 0.548. The molecular formula is C31H39N7O3. The van der Waals surface area contributed by atoms with Gasteiger partial charge in [-0.05, 0) is 70.7 Å². The van der Waals surface area contributed by atoms with Gasteiger partial charge in [-0.2, -0.15) is 4.98 Å². The highest BCUT2D eigenvalue weighted by Crippen LogP contribution is 2.53. The van der Waals surface area contributed by atoms with E-state index in [2.05, 4.69) is 54.5 Å². The van der Waals surface area contributed by atoms with Crippen LogP contribution in [0.15, 0.2) is 47.5 Å². The highest BCUT2D eigenvalue weighted by atomic mass is 16.5. The molecule has 0 bridgehead atoms. The summed E-state index contributed by atoms with van der Waals surface area (Å²) in [6.45, 7) is 9.54. The first kappa shape index (κ1) is 26.6. The molecule has 41 heavy (non-hydrogen) atoms. The first-order valence-corrected chi connectivity index (χ1v) is 14.9. The van der Waals surface area contributed by atoms with Crippen LogP contribution in [0.2, 0.25) is 0 Å². The second kappa shape index (κ2) is 10.2. The van der Waals surface area contributed by atoms with Crippen molar-refractivity contribution in [2.24, 2.45) is 0 Å². The van der Waals surface area contributed by atoms with E-state index in [1.54, 1.807) is 6.07 Å². The van der Waals surface area contributed by atoms with Gasteiger partial charge in [-0.15, -0.1) is 0 Å². The standard InChI is InChI=1S/C31H39N7O3/c1-30(2)17-25-31(3,19-41-30)22-18-33-29(34-20-9-13-37(27(39)16-20)21-10-14-40-15-11-21)36-28(22)38(25)26-8-4-6-24(35-26)23-7-5-12-32-23/h4,6,8-9,13,16,18,21,23,25,32H,5,7,10-12,14-15,17,19H2,1-3H3,(H,33,34,36)/t23-,25-,31-/m1/s1. The Bertz CT molecular complexity index is 1500. The van der Waals surface area contributed by atoms with Crippen molar-refractivity contribution < 1.29 is 9.47 Å². The van der Waals surface area contributed by atoms with E-state index in [0.717, 1.165) is 61.5 Å². The summed E-state index contributed by atoms with van der Waals surface area (Å²) in [5.41, 5.74) is 2.21. The van der Waals surface area contributed by atoms with Crippen LogP contribution in [0.5, 0.6) is 0 Å². The number of anilines is 4. The fourth-order valence-corrected chi connectivity index (χ4v) is 6.93. The van der Waals surface area contributed by atoms with E-state index in [-0.39, 0.29) is 34.7 Å². The van der Waals surface area contributed by atoms with Crippen molar-refractivity contribution in [3.8, 4) is 0 Å². The first-order valence-electron chi connectivity index (χ1n) is 14.9. The van der Waals surface area contributed by atoms with Crippen molar-refractivity contribution in [1.29, 1.82) is 0 Å². The van der Waals surface area contributed by atoms with Gasteiger partial charge in [-0.25, -0.2) is 9.97 Å². The number of pyridine rings is 2. The molecule has 3 aromatic heterocycles. The van der Waals surface area contributed by atoms with Gasteiger partial charge in [0, 0.05) is 60.4 Å². The van der Waals surface area contributed by atoms with Gasteiger partial charge in [-0.3, -0.25) is 4.79 Å². The minimum atomic E-state index is -0.281. The second-order valence-electron chi connectivity index (χ2n) is 12.7. The van der Waals surface area contributed by atoms with Crippen LogP contribution >= 0.6 is 0 Å². The molecule has 216 valence electrons. The Morgan fingerprint density at radius 2 is 1.95 bits per heavy atom. The molecule has 0 amide bonds. The Morgan fingerprint density at radius 3 is 2.73 bits per heavy atom. The normalized spacial score (nSPS) is 27.4. The molecule has 10 heteroatoms. The number of rotatable bonds is 5. The molecule has 3 atom stereocenters. The van der Waals surface area contributed by atoms with Crippen molar-refractivity contribution in [1.82, 2.24) is 24.8 Å². The largest absolute Gasteiger partial charge is 0.381 e. The Labute approximate surface area is 240 Å².